The van der Waals surface area contributed by atoms with E-state index in [9.17, 15) is 0 Å². The standard InChI is InChI=1S/C22H24N4OS/c1-27-19-6-8-20(9-7-19)28-22-10-11-24-21(25-22)16-17-2-4-18(5-3-17)26-14-12-23-13-15-26/h2-11,23H,12-16H2,1H3. The molecule has 28 heavy (non-hydrogen) atoms. The number of hydrogen-bond donors (Lipinski definition) is 1. The van der Waals surface area contributed by atoms with Gasteiger partial charge in [0.05, 0.1) is 7.11 Å². The Balaban J connectivity index is 1.41. The smallest absolute Gasteiger partial charge is 0.133 e. The maximum Gasteiger partial charge on any atom is 0.133 e. The molecule has 1 aromatic heterocycles. The van der Waals surface area contributed by atoms with E-state index in [2.05, 4.69) is 39.5 Å². The van der Waals surface area contributed by atoms with E-state index in [-0.39, 0.29) is 0 Å². The zero-order valence-corrected chi connectivity index (χ0v) is 16.8. The van der Waals surface area contributed by atoms with Gasteiger partial charge in [0.1, 0.15) is 16.6 Å². The van der Waals surface area contributed by atoms with Crippen molar-refractivity contribution in [2.75, 3.05) is 38.2 Å². The van der Waals surface area contributed by atoms with Gasteiger partial charge < -0.3 is 15.0 Å². The lowest BCUT2D eigenvalue weighted by Gasteiger charge is -2.29. The summed E-state index contributed by atoms with van der Waals surface area (Å²) in [4.78, 5) is 12.7. The van der Waals surface area contributed by atoms with Crippen molar-refractivity contribution < 1.29 is 4.74 Å². The summed E-state index contributed by atoms with van der Waals surface area (Å²) in [5.74, 6) is 1.70. The first kappa shape index (κ1) is 18.8. The highest BCUT2D eigenvalue weighted by molar-refractivity contribution is 7.99. The van der Waals surface area contributed by atoms with Gasteiger partial charge in [-0.3, -0.25) is 0 Å². The second-order valence-electron chi connectivity index (χ2n) is 6.67. The molecule has 6 heteroatoms. The first-order valence-electron chi connectivity index (χ1n) is 9.48. The number of methoxy groups -OCH3 is 1. The van der Waals surface area contributed by atoms with Crippen LogP contribution in [0.1, 0.15) is 11.4 Å². The number of rotatable bonds is 6. The number of anilines is 1. The van der Waals surface area contributed by atoms with Crippen molar-refractivity contribution in [3.63, 3.8) is 0 Å². The maximum absolute atomic E-state index is 5.21. The predicted molar refractivity (Wildman–Crippen MR) is 113 cm³/mol. The van der Waals surface area contributed by atoms with Crippen LogP contribution in [-0.4, -0.2) is 43.3 Å². The van der Waals surface area contributed by atoms with Gasteiger partial charge in [0.25, 0.3) is 0 Å². The Morgan fingerprint density at radius 1 is 1.00 bits per heavy atom. The highest BCUT2D eigenvalue weighted by Crippen LogP contribution is 2.27. The van der Waals surface area contributed by atoms with E-state index in [0.29, 0.717) is 0 Å². The third-order valence-corrected chi connectivity index (χ3v) is 5.69. The fourth-order valence-electron chi connectivity index (χ4n) is 3.22. The van der Waals surface area contributed by atoms with E-state index in [1.165, 1.54) is 11.3 Å². The summed E-state index contributed by atoms with van der Waals surface area (Å²) in [6.07, 6.45) is 2.57. The maximum atomic E-state index is 5.21. The van der Waals surface area contributed by atoms with Crippen molar-refractivity contribution in [2.24, 2.45) is 0 Å². The van der Waals surface area contributed by atoms with E-state index >= 15 is 0 Å². The minimum Gasteiger partial charge on any atom is -0.497 e. The number of ether oxygens (including phenoxy) is 1. The first-order chi connectivity index (χ1) is 13.8. The molecule has 2 heterocycles. The number of aromatic nitrogens is 2. The third-order valence-electron chi connectivity index (χ3n) is 4.74. The minimum atomic E-state index is 0.735. The molecule has 0 amide bonds. The highest BCUT2D eigenvalue weighted by Gasteiger charge is 2.10. The van der Waals surface area contributed by atoms with Crippen molar-refractivity contribution in [3.05, 3.63) is 72.2 Å². The van der Waals surface area contributed by atoms with Gasteiger partial charge >= 0.3 is 0 Å². The predicted octanol–water partition coefficient (Wildman–Crippen LogP) is 3.64. The summed E-state index contributed by atoms with van der Waals surface area (Å²) in [5, 5.41) is 4.34. The monoisotopic (exact) mass is 392 g/mol. The van der Waals surface area contributed by atoms with Gasteiger partial charge in [-0.2, -0.15) is 0 Å². The molecule has 144 valence electrons. The summed E-state index contributed by atoms with van der Waals surface area (Å²) in [6.45, 7) is 4.22. The van der Waals surface area contributed by atoms with E-state index < -0.39 is 0 Å². The Morgan fingerprint density at radius 3 is 2.46 bits per heavy atom. The van der Waals surface area contributed by atoms with Crippen LogP contribution in [0.15, 0.2) is 70.7 Å². The van der Waals surface area contributed by atoms with Crippen LogP contribution in [0.5, 0.6) is 5.75 Å². The van der Waals surface area contributed by atoms with Gasteiger partial charge in [-0.15, -0.1) is 0 Å². The van der Waals surface area contributed by atoms with E-state index in [0.717, 1.165) is 54.1 Å². The average molecular weight is 393 g/mol. The molecule has 1 aliphatic heterocycles. The molecule has 0 unspecified atom stereocenters. The Morgan fingerprint density at radius 2 is 1.75 bits per heavy atom. The molecule has 2 aromatic carbocycles. The van der Waals surface area contributed by atoms with Gasteiger partial charge in [0.15, 0.2) is 0 Å². The Kier molecular flexibility index (Phi) is 6.09. The molecule has 1 fully saturated rings. The van der Waals surface area contributed by atoms with Crippen molar-refractivity contribution in [3.8, 4) is 5.75 Å². The van der Waals surface area contributed by atoms with E-state index in [4.69, 9.17) is 9.72 Å². The molecule has 4 rings (SSSR count). The zero-order valence-electron chi connectivity index (χ0n) is 16.0. The molecule has 1 aliphatic rings. The van der Waals surface area contributed by atoms with Gasteiger partial charge in [0.2, 0.25) is 0 Å². The molecular weight excluding hydrogens is 368 g/mol. The molecule has 5 nitrogen and oxygen atoms in total. The second-order valence-corrected chi connectivity index (χ2v) is 7.76. The van der Waals surface area contributed by atoms with Crippen LogP contribution in [0.4, 0.5) is 5.69 Å². The first-order valence-corrected chi connectivity index (χ1v) is 10.3. The van der Waals surface area contributed by atoms with Crippen LogP contribution < -0.4 is 15.0 Å². The molecule has 0 atom stereocenters. The van der Waals surface area contributed by atoms with Crippen molar-refractivity contribution in [2.45, 2.75) is 16.3 Å². The average Bonchev–Trinajstić information content (AvgIpc) is 2.76. The lowest BCUT2D eigenvalue weighted by molar-refractivity contribution is 0.414. The zero-order chi connectivity index (χ0) is 19.2. The fraction of sp³-hybridized carbons (Fsp3) is 0.273. The number of nitrogens with one attached hydrogen (secondary N) is 1. The van der Waals surface area contributed by atoms with E-state index in [1.807, 2.05) is 36.5 Å². The van der Waals surface area contributed by atoms with Gasteiger partial charge in [-0.1, -0.05) is 23.9 Å². The molecule has 1 N–H and O–H groups in total. The fourth-order valence-corrected chi connectivity index (χ4v) is 4.01. The molecule has 3 aromatic rings. The Hall–Kier alpha value is -2.57. The minimum absolute atomic E-state index is 0.735. The normalized spacial score (nSPS) is 14.1. The Labute approximate surface area is 170 Å². The lowest BCUT2D eigenvalue weighted by Crippen LogP contribution is -2.43. The highest BCUT2D eigenvalue weighted by atomic mass is 32.2. The lowest BCUT2D eigenvalue weighted by atomic mass is 10.1. The van der Waals surface area contributed by atoms with Crippen LogP contribution in [0.3, 0.4) is 0 Å². The quantitative estimate of drug-likeness (QED) is 0.647. The van der Waals surface area contributed by atoms with Crippen molar-refractivity contribution >= 4 is 17.4 Å². The van der Waals surface area contributed by atoms with Crippen molar-refractivity contribution in [1.82, 2.24) is 15.3 Å². The summed E-state index contributed by atoms with van der Waals surface area (Å²) in [5.41, 5.74) is 2.51. The summed E-state index contributed by atoms with van der Waals surface area (Å²) in [6, 6.07) is 18.7. The second kappa shape index (κ2) is 9.08. The third kappa shape index (κ3) is 4.82. The Bertz CT molecular complexity index is 893. The molecule has 0 spiro atoms. The molecular formula is C22H24N4OS. The largest absolute Gasteiger partial charge is 0.497 e. The van der Waals surface area contributed by atoms with Gasteiger partial charge in [-0.05, 0) is 48.0 Å². The number of hydrogen-bond acceptors (Lipinski definition) is 6. The SMILES string of the molecule is COc1ccc(Sc2ccnc(Cc3ccc(N4CCNCC4)cc3)n2)cc1. The number of nitrogens with zero attached hydrogens (tertiary/aromatic N) is 3. The van der Waals surface area contributed by atoms with Gasteiger partial charge in [0, 0.05) is 49.4 Å². The number of piperazine rings is 1. The van der Waals surface area contributed by atoms with Crippen LogP contribution in [0.2, 0.25) is 0 Å². The summed E-state index contributed by atoms with van der Waals surface area (Å²) in [7, 11) is 1.68. The molecule has 0 radical (unpaired) electrons. The topological polar surface area (TPSA) is 50.3 Å². The summed E-state index contributed by atoms with van der Waals surface area (Å²) >= 11 is 1.63. The molecule has 0 bridgehead atoms. The molecule has 0 saturated carbocycles. The molecule has 1 saturated heterocycles. The van der Waals surface area contributed by atoms with Crippen molar-refractivity contribution in [1.29, 1.82) is 0 Å². The summed E-state index contributed by atoms with van der Waals surface area (Å²) < 4.78 is 5.21. The van der Waals surface area contributed by atoms with E-state index in [1.54, 1.807) is 18.9 Å². The molecule has 0 aliphatic carbocycles. The van der Waals surface area contributed by atoms with Crippen LogP contribution in [0, 0.1) is 0 Å². The van der Waals surface area contributed by atoms with Crippen LogP contribution in [-0.2, 0) is 6.42 Å². The van der Waals surface area contributed by atoms with Gasteiger partial charge in [-0.25, -0.2) is 9.97 Å². The van der Waals surface area contributed by atoms with Crippen LogP contribution in [0.25, 0.3) is 0 Å². The number of benzene rings is 2. The van der Waals surface area contributed by atoms with Crippen LogP contribution >= 0.6 is 11.8 Å².